The number of cyclic esters (lactones) is 1. The third-order valence-corrected chi connectivity index (χ3v) is 5.17. The second-order valence-electron chi connectivity index (χ2n) is 7.40. The smallest absolute Gasteiger partial charge is 0.339 e. The third-order valence-electron chi connectivity index (χ3n) is 5.17. The molecule has 2 unspecified atom stereocenters. The number of amides is 1. The summed E-state index contributed by atoms with van der Waals surface area (Å²) in [5, 5.41) is 2.39. The van der Waals surface area contributed by atoms with Crippen molar-refractivity contribution in [3.8, 4) is 0 Å². The van der Waals surface area contributed by atoms with Crippen molar-refractivity contribution in [2.24, 2.45) is 0 Å². The Bertz CT molecular complexity index is 1180. The summed E-state index contributed by atoms with van der Waals surface area (Å²) in [5.41, 5.74) is 2.11. The minimum Gasteiger partial charge on any atom is -0.454 e. The van der Waals surface area contributed by atoms with Gasteiger partial charge < -0.3 is 14.8 Å². The highest BCUT2D eigenvalue weighted by Crippen LogP contribution is 2.31. The van der Waals surface area contributed by atoms with Crippen LogP contribution in [0.1, 0.15) is 44.9 Å². The van der Waals surface area contributed by atoms with E-state index in [1.165, 1.54) is 37.3 Å². The van der Waals surface area contributed by atoms with E-state index in [2.05, 4.69) is 5.32 Å². The van der Waals surface area contributed by atoms with Crippen LogP contribution >= 0.6 is 0 Å². The number of hydrogen-bond donors (Lipinski definition) is 1. The van der Waals surface area contributed by atoms with Crippen LogP contribution in [-0.4, -0.2) is 23.9 Å². The largest absolute Gasteiger partial charge is 0.454 e. The summed E-state index contributed by atoms with van der Waals surface area (Å²) in [4.78, 5) is 37.3. The molecule has 3 aromatic carbocycles. The summed E-state index contributed by atoms with van der Waals surface area (Å²) in [6, 6.07) is 19.6. The number of para-hydroxylation sites is 1. The molecular formula is C25H20FNO5. The number of nitrogens with one attached hydrogen (secondary N) is 1. The zero-order chi connectivity index (χ0) is 22.7. The van der Waals surface area contributed by atoms with Gasteiger partial charge in [0, 0.05) is 6.42 Å². The molecule has 4 rings (SSSR count). The van der Waals surface area contributed by atoms with Crippen LogP contribution in [0.5, 0.6) is 0 Å². The molecule has 1 aliphatic heterocycles. The summed E-state index contributed by atoms with van der Waals surface area (Å²) in [7, 11) is 0. The standard InChI is InChI=1S/C25H20FNO5/c1-15(23(28)27-21-10-6-5-9-20(21)26)31-24(29)17-11-12-19-18(13-17)14-22(32-25(19)30)16-7-3-2-4-8-16/h2-13,15,22H,14H2,1H3,(H,27,28). The predicted molar refractivity (Wildman–Crippen MR) is 115 cm³/mol. The molecule has 0 radical (unpaired) electrons. The van der Waals surface area contributed by atoms with E-state index in [-0.39, 0.29) is 11.3 Å². The van der Waals surface area contributed by atoms with Gasteiger partial charge in [0.15, 0.2) is 6.10 Å². The van der Waals surface area contributed by atoms with Gasteiger partial charge in [-0.05, 0) is 48.4 Å². The van der Waals surface area contributed by atoms with Crippen molar-refractivity contribution in [1.29, 1.82) is 0 Å². The lowest BCUT2D eigenvalue weighted by molar-refractivity contribution is -0.123. The molecule has 7 heteroatoms. The summed E-state index contributed by atoms with van der Waals surface area (Å²) < 4.78 is 24.5. The van der Waals surface area contributed by atoms with Crippen LogP contribution < -0.4 is 5.32 Å². The second-order valence-corrected chi connectivity index (χ2v) is 7.40. The Balaban J connectivity index is 1.46. The van der Waals surface area contributed by atoms with E-state index in [4.69, 9.17) is 9.47 Å². The Labute approximate surface area is 184 Å². The van der Waals surface area contributed by atoms with Gasteiger partial charge in [0.25, 0.3) is 5.91 Å². The van der Waals surface area contributed by atoms with Crippen molar-refractivity contribution in [2.45, 2.75) is 25.6 Å². The van der Waals surface area contributed by atoms with Gasteiger partial charge >= 0.3 is 11.9 Å². The molecule has 0 saturated heterocycles. The first kappa shape index (κ1) is 21.2. The van der Waals surface area contributed by atoms with E-state index >= 15 is 0 Å². The quantitative estimate of drug-likeness (QED) is 0.601. The van der Waals surface area contributed by atoms with E-state index in [9.17, 15) is 18.8 Å². The molecule has 0 saturated carbocycles. The topological polar surface area (TPSA) is 81.7 Å². The Hall–Kier alpha value is -4.00. The maximum absolute atomic E-state index is 13.7. The zero-order valence-electron chi connectivity index (χ0n) is 17.2. The molecule has 2 atom stereocenters. The van der Waals surface area contributed by atoms with Crippen LogP contribution in [0.15, 0.2) is 72.8 Å². The number of ether oxygens (including phenoxy) is 2. The van der Waals surface area contributed by atoms with Crippen LogP contribution in [0.2, 0.25) is 0 Å². The molecule has 0 fully saturated rings. The maximum atomic E-state index is 13.7. The van der Waals surface area contributed by atoms with Gasteiger partial charge in [-0.25, -0.2) is 14.0 Å². The molecular weight excluding hydrogens is 413 g/mol. The van der Waals surface area contributed by atoms with Gasteiger partial charge in [-0.2, -0.15) is 0 Å². The third kappa shape index (κ3) is 4.51. The normalized spacial score (nSPS) is 15.8. The lowest BCUT2D eigenvalue weighted by Gasteiger charge is -2.25. The lowest BCUT2D eigenvalue weighted by atomic mass is 9.93. The highest BCUT2D eigenvalue weighted by Gasteiger charge is 2.29. The fourth-order valence-electron chi connectivity index (χ4n) is 3.46. The molecule has 1 amide bonds. The minimum atomic E-state index is -1.15. The molecule has 162 valence electrons. The van der Waals surface area contributed by atoms with Crippen LogP contribution in [0.25, 0.3) is 0 Å². The monoisotopic (exact) mass is 433 g/mol. The molecule has 3 aromatic rings. The number of esters is 2. The average molecular weight is 433 g/mol. The number of rotatable bonds is 5. The van der Waals surface area contributed by atoms with Gasteiger partial charge in [-0.1, -0.05) is 42.5 Å². The fraction of sp³-hybridized carbons (Fsp3) is 0.160. The molecule has 0 aromatic heterocycles. The Morgan fingerprint density at radius 2 is 1.78 bits per heavy atom. The van der Waals surface area contributed by atoms with Crippen molar-refractivity contribution in [3.05, 3.63) is 101 Å². The second kappa shape index (κ2) is 9.01. The molecule has 1 heterocycles. The Kier molecular flexibility index (Phi) is 5.98. The van der Waals surface area contributed by atoms with Gasteiger partial charge in [0.05, 0.1) is 16.8 Å². The highest BCUT2D eigenvalue weighted by atomic mass is 19.1. The van der Waals surface area contributed by atoms with E-state index in [0.717, 1.165) is 5.56 Å². The molecule has 1 aliphatic rings. The number of hydrogen-bond acceptors (Lipinski definition) is 5. The first-order valence-corrected chi connectivity index (χ1v) is 10.1. The van der Waals surface area contributed by atoms with Crippen molar-refractivity contribution >= 4 is 23.5 Å². The van der Waals surface area contributed by atoms with Gasteiger partial charge in [-0.15, -0.1) is 0 Å². The molecule has 1 N–H and O–H groups in total. The predicted octanol–water partition coefficient (Wildman–Crippen LogP) is 4.46. The molecule has 0 bridgehead atoms. The number of halogens is 1. The van der Waals surface area contributed by atoms with Crippen LogP contribution in [0, 0.1) is 5.82 Å². The van der Waals surface area contributed by atoms with Crippen molar-refractivity contribution < 1.29 is 28.2 Å². The number of anilines is 1. The molecule has 0 aliphatic carbocycles. The number of fused-ring (bicyclic) bond motifs is 1. The summed E-state index contributed by atoms with van der Waals surface area (Å²) in [6.07, 6.45) is -1.19. The minimum absolute atomic E-state index is 0.000328. The number of carbonyl (C=O) groups is 3. The van der Waals surface area contributed by atoms with Gasteiger partial charge in [0.1, 0.15) is 11.9 Å². The SMILES string of the molecule is CC(OC(=O)c1ccc2c(c1)CC(c1ccccc1)OC2=O)C(=O)Nc1ccccc1F. The lowest BCUT2D eigenvalue weighted by Crippen LogP contribution is -2.30. The van der Waals surface area contributed by atoms with Crippen molar-refractivity contribution in [2.75, 3.05) is 5.32 Å². The zero-order valence-corrected chi connectivity index (χ0v) is 17.2. The van der Waals surface area contributed by atoms with E-state index in [1.54, 1.807) is 12.1 Å². The Morgan fingerprint density at radius 1 is 1.06 bits per heavy atom. The fourth-order valence-corrected chi connectivity index (χ4v) is 3.46. The van der Waals surface area contributed by atoms with Crippen LogP contribution in [0.4, 0.5) is 10.1 Å². The number of benzene rings is 3. The summed E-state index contributed by atoms with van der Waals surface area (Å²) in [6.45, 7) is 1.40. The highest BCUT2D eigenvalue weighted by molar-refractivity contribution is 5.98. The number of carbonyl (C=O) groups excluding carboxylic acids is 3. The maximum Gasteiger partial charge on any atom is 0.339 e. The van der Waals surface area contributed by atoms with Crippen molar-refractivity contribution in [1.82, 2.24) is 0 Å². The van der Waals surface area contributed by atoms with Crippen LogP contribution in [0.3, 0.4) is 0 Å². The molecule has 32 heavy (non-hydrogen) atoms. The van der Waals surface area contributed by atoms with Gasteiger partial charge in [0.2, 0.25) is 0 Å². The van der Waals surface area contributed by atoms with E-state index in [0.29, 0.717) is 17.5 Å². The van der Waals surface area contributed by atoms with Gasteiger partial charge in [-0.3, -0.25) is 4.79 Å². The van der Waals surface area contributed by atoms with Crippen LogP contribution in [-0.2, 0) is 20.7 Å². The first-order valence-electron chi connectivity index (χ1n) is 10.1. The Morgan fingerprint density at radius 3 is 2.53 bits per heavy atom. The average Bonchev–Trinajstić information content (AvgIpc) is 2.80. The summed E-state index contributed by atoms with van der Waals surface area (Å²) >= 11 is 0. The first-order chi connectivity index (χ1) is 15.4. The van der Waals surface area contributed by atoms with E-state index < -0.39 is 35.9 Å². The molecule has 6 nitrogen and oxygen atoms in total. The molecule has 0 spiro atoms. The summed E-state index contributed by atoms with van der Waals surface area (Å²) in [5.74, 6) is -2.43. The van der Waals surface area contributed by atoms with Crippen molar-refractivity contribution in [3.63, 3.8) is 0 Å². The van der Waals surface area contributed by atoms with E-state index in [1.807, 2.05) is 30.3 Å².